The second-order valence-electron chi connectivity index (χ2n) is 18.8. The van der Waals surface area contributed by atoms with Gasteiger partial charge in [-0.1, -0.05) is 11.6 Å². The van der Waals surface area contributed by atoms with Gasteiger partial charge < -0.3 is 35.1 Å². The maximum absolute atomic E-state index is 13.6. The van der Waals surface area contributed by atoms with Gasteiger partial charge in [-0.15, -0.1) is 0 Å². The van der Waals surface area contributed by atoms with Crippen molar-refractivity contribution in [1.82, 2.24) is 40.3 Å². The molecule has 18 nitrogen and oxygen atoms in total. The van der Waals surface area contributed by atoms with Crippen molar-refractivity contribution in [2.75, 3.05) is 68.0 Å². The van der Waals surface area contributed by atoms with Gasteiger partial charge in [0.05, 0.1) is 22.8 Å². The average Bonchev–Trinajstić information content (AvgIpc) is 3.53. The summed E-state index contributed by atoms with van der Waals surface area (Å²) in [6.07, 6.45) is 7.02. The number of hydrogen-bond acceptors (Lipinski definition) is 14. The Kier molecular flexibility index (Phi) is 11.5. The van der Waals surface area contributed by atoms with Crippen LogP contribution in [0.15, 0.2) is 53.5 Å². The fraction of sp³-hybridized carbons (Fsp3) is 0.489. The van der Waals surface area contributed by atoms with Gasteiger partial charge in [0.1, 0.15) is 11.1 Å². The molecule has 0 aliphatic carbocycles. The van der Waals surface area contributed by atoms with Crippen molar-refractivity contribution < 1.29 is 28.7 Å². The van der Waals surface area contributed by atoms with Crippen LogP contribution in [0.4, 0.5) is 23.1 Å². The highest BCUT2D eigenvalue weighted by Gasteiger charge is 2.59. The highest BCUT2D eigenvalue weighted by molar-refractivity contribution is 6.33. The Hall–Kier alpha value is -6.11. The molecule has 1 spiro atoms. The van der Waals surface area contributed by atoms with Gasteiger partial charge >= 0.3 is 0 Å². The number of likely N-dealkylation sites (N-methyl/N-ethyl adjacent to an activating group) is 1. The SMILES string of the molecule is CNC(=O)COc1cc2cc(Nc3nc(N4CCC(N5C(C6CCCN(c7ccc8c(c7)C(=O)N(C7CCC(=O)NC7=O)C8=O)C6)CC56CNC6)CC4)ncc3Cl)ccc2n(C(C)C)c1=O. The lowest BCUT2D eigenvalue weighted by Crippen LogP contribution is -2.83. The number of hydrogen-bond donors (Lipinski definition) is 4. The number of likely N-dealkylation sites (tertiary alicyclic amines) is 1. The molecule has 10 rings (SSSR count). The number of imide groups is 2. The Morgan fingerprint density at radius 3 is 2.47 bits per heavy atom. The van der Waals surface area contributed by atoms with Gasteiger partial charge in [-0.2, -0.15) is 4.98 Å². The van der Waals surface area contributed by atoms with Gasteiger partial charge in [-0.05, 0) is 101 Å². The average molecular weight is 920 g/mol. The number of halogens is 1. The Bertz CT molecular complexity index is 2720. The van der Waals surface area contributed by atoms with E-state index in [1.165, 1.54) is 7.05 Å². The lowest BCUT2D eigenvalue weighted by Gasteiger charge is -2.68. The molecule has 0 bridgehead atoms. The summed E-state index contributed by atoms with van der Waals surface area (Å²) in [5.74, 6) is -0.753. The number of nitrogens with zero attached hydrogens (tertiary/aromatic N) is 7. The Morgan fingerprint density at radius 1 is 0.955 bits per heavy atom. The fourth-order valence-electron chi connectivity index (χ4n) is 11.1. The largest absolute Gasteiger partial charge is 0.478 e. The van der Waals surface area contributed by atoms with Crippen molar-refractivity contribution >= 4 is 75.2 Å². The zero-order valence-electron chi connectivity index (χ0n) is 37.3. The second-order valence-corrected chi connectivity index (χ2v) is 19.2. The highest BCUT2D eigenvalue weighted by atomic mass is 35.5. The molecule has 5 saturated heterocycles. The molecule has 2 aromatic carbocycles. The summed E-state index contributed by atoms with van der Waals surface area (Å²) >= 11 is 6.69. The predicted octanol–water partition coefficient (Wildman–Crippen LogP) is 3.60. The van der Waals surface area contributed by atoms with Crippen LogP contribution in [-0.4, -0.2) is 130 Å². The number of rotatable bonds is 11. The monoisotopic (exact) mass is 919 g/mol. The standard InChI is InChI=1S/C47H54ClN11O7/c1-26(2)57-35-9-6-29(17-28(35)18-38(45(57)65)66-23-40(61)49-3)52-41-34(48)21-51-46(54-41)55-15-12-30(13-16-55)59-37(20-47(59)24-50-25-47)27-5-4-14-56(22-27)31-7-8-32-33(19-31)44(64)58(43(32)63)36-10-11-39(60)53-42(36)62/h6-9,17-19,21,26-27,30,36-37,50H,4-5,10-16,20,22-25H2,1-3H3,(H,49,61)(H,51,52,54)(H,53,60,62). The Balaban J connectivity index is 0.806. The van der Waals surface area contributed by atoms with E-state index >= 15 is 0 Å². The summed E-state index contributed by atoms with van der Waals surface area (Å²) in [7, 11) is 1.51. The van der Waals surface area contributed by atoms with Crippen molar-refractivity contribution in [3.63, 3.8) is 0 Å². The van der Waals surface area contributed by atoms with Crippen molar-refractivity contribution in [1.29, 1.82) is 0 Å². The van der Waals surface area contributed by atoms with Gasteiger partial charge in [0.15, 0.2) is 18.2 Å². The molecule has 3 atom stereocenters. The third-order valence-corrected chi connectivity index (χ3v) is 14.8. The van der Waals surface area contributed by atoms with Crippen molar-refractivity contribution in [3.05, 3.63) is 75.2 Å². The number of ether oxygens (including phenoxy) is 1. The van der Waals surface area contributed by atoms with Crippen LogP contribution in [0.2, 0.25) is 5.02 Å². The molecule has 0 saturated carbocycles. The Labute approximate surface area is 386 Å². The summed E-state index contributed by atoms with van der Waals surface area (Å²) in [5.41, 5.74) is 2.79. The lowest BCUT2D eigenvalue weighted by atomic mass is 9.66. The molecule has 4 aromatic rings. The van der Waals surface area contributed by atoms with Crippen LogP contribution in [-0.2, 0) is 14.4 Å². The van der Waals surface area contributed by atoms with Gasteiger partial charge in [-0.3, -0.25) is 43.9 Å². The van der Waals surface area contributed by atoms with Crippen LogP contribution >= 0.6 is 11.6 Å². The molecule has 5 amide bonds. The zero-order valence-corrected chi connectivity index (χ0v) is 38.0. The number of fused-ring (bicyclic) bond motifs is 2. The maximum Gasteiger partial charge on any atom is 0.293 e. The van der Waals surface area contributed by atoms with Gasteiger partial charge in [0, 0.05) is 93.2 Å². The molecule has 2 aromatic heterocycles. The highest BCUT2D eigenvalue weighted by Crippen LogP contribution is 2.48. The number of amides is 5. The first-order chi connectivity index (χ1) is 31.8. The van der Waals surface area contributed by atoms with E-state index in [9.17, 15) is 28.8 Å². The van der Waals surface area contributed by atoms with E-state index in [0.717, 1.165) is 92.9 Å². The van der Waals surface area contributed by atoms with Gasteiger partial charge in [0.25, 0.3) is 23.3 Å². The molecule has 5 fully saturated rings. The topological polar surface area (TPSA) is 203 Å². The number of aromatic nitrogens is 3. The molecule has 19 heteroatoms. The molecule has 8 heterocycles. The Morgan fingerprint density at radius 2 is 1.74 bits per heavy atom. The van der Waals surface area contributed by atoms with Crippen molar-refractivity contribution in [2.24, 2.45) is 5.92 Å². The molecule has 3 unspecified atom stereocenters. The van der Waals surface area contributed by atoms with E-state index in [1.807, 2.05) is 44.2 Å². The number of nitrogens with one attached hydrogen (secondary N) is 4. The first-order valence-corrected chi connectivity index (χ1v) is 23.4. The van der Waals surface area contributed by atoms with E-state index in [1.54, 1.807) is 22.9 Å². The summed E-state index contributed by atoms with van der Waals surface area (Å²) in [5, 5.41) is 12.8. The van der Waals surface area contributed by atoms with E-state index in [0.29, 0.717) is 51.6 Å². The maximum atomic E-state index is 13.6. The smallest absolute Gasteiger partial charge is 0.293 e. The van der Waals surface area contributed by atoms with E-state index in [4.69, 9.17) is 21.3 Å². The fourth-order valence-corrected chi connectivity index (χ4v) is 11.3. The van der Waals surface area contributed by atoms with Crippen LogP contribution in [0, 0.1) is 5.92 Å². The predicted molar refractivity (Wildman–Crippen MR) is 248 cm³/mol. The minimum absolute atomic E-state index is 0.0809. The zero-order chi connectivity index (χ0) is 46.0. The minimum atomic E-state index is -0.993. The summed E-state index contributed by atoms with van der Waals surface area (Å²) in [6.45, 7) is 8.80. The molecular weight excluding hydrogens is 866 g/mol. The molecule has 6 aliphatic heterocycles. The number of piperidine rings is 3. The number of benzene rings is 2. The van der Waals surface area contributed by atoms with Crippen LogP contribution < -0.4 is 41.4 Å². The molecule has 66 heavy (non-hydrogen) atoms. The summed E-state index contributed by atoms with van der Waals surface area (Å²) in [4.78, 5) is 94.6. The first kappa shape index (κ1) is 43.8. The molecule has 6 aliphatic rings. The summed E-state index contributed by atoms with van der Waals surface area (Å²) < 4.78 is 7.30. The third-order valence-electron chi connectivity index (χ3n) is 14.5. The van der Waals surface area contributed by atoms with Gasteiger partial charge in [0.2, 0.25) is 17.8 Å². The molecular formula is C47H54ClN11O7. The normalized spacial score (nSPS) is 23.2. The van der Waals surface area contributed by atoms with Gasteiger partial charge in [-0.25, -0.2) is 4.98 Å². The quantitative estimate of drug-likeness (QED) is 0.159. The molecule has 0 radical (unpaired) electrons. The van der Waals surface area contributed by atoms with Crippen molar-refractivity contribution in [3.8, 4) is 5.75 Å². The lowest BCUT2D eigenvalue weighted by molar-refractivity contribution is -0.156. The van der Waals surface area contributed by atoms with Crippen LogP contribution in [0.5, 0.6) is 5.75 Å². The van der Waals surface area contributed by atoms with E-state index < -0.39 is 29.7 Å². The number of carbonyl (C=O) groups excluding carboxylic acids is 5. The van der Waals surface area contributed by atoms with Crippen LogP contribution in [0.1, 0.15) is 85.6 Å². The first-order valence-electron chi connectivity index (χ1n) is 23.0. The van der Waals surface area contributed by atoms with Crippen LogP contribution in [0.3, 0.4) is 0 Å². The summed E-state index contributed by atoms with van der Waals surface area (Å²) in [6, 6.07) is 12.4. The number of carbonyl (C=O) groups is 5. The minimum Gasteiger partial charge on any atom is -0.478 e. The second kappa shape index (κ2) is 17.3. The van der Waals surface area contributed by atoms with E-state index in [2.05, 4.69) is 41.0 Å². The number of pyridine rings is 1. The number of anilines is 4. The van der Waals surface area contributed by atoms with Crippen LogP contribution in [0.25, 0.3) is 10.9 Å². The van der Waals surface area contributed by atoms with E-state index in [-0.39, 0.29) is 48.2 Å². The van der Waals surface area contributed by atoms with Crippen molar-refractivity contribution in [2.45, 2.75) is 88.5 Å². The molecule has 4 N–H and O–H groups in total. The third kappa shape index (κ3) is 7.71. The molecule has 346 valence electrons.